The van der Waals surface area contributed by atoms with E-state index in [-0.39, 0.29) is 17.2 Å². The third-order valence-electron chi connectivity index (χ3n) is 2.45. The highest BCUT2D eigenvalue weighted by atomic mass is 79.9. The molecule has 0 spiro atoms. The van der Waals surface area contributed by atoms with Crippen LogP contribution in [0.5, 0.6) is 0 Å². The second kappa shape index (κ2) is 5.36. The average Bonchev–Trinajstić information content (AvgIpc) is 2.32. The molecule has 1 heterocycles. The van der Waals surface area contributed by atoms with Crippen molar-refractivity contribution in [2.24, 2.45) is 5.10 Å². The molecule has 0 saturated carbocycles. The van der Waals surface area contributed by atoms with Crippen LogP contribution in [0.4, 0.5) is 10.2 Å². The summed E-state index contributed by atoms with van der Waals surface area (Å²) in [6.45, 7) is 1.78. The van der Waals surface area contributed by atoms with E-state index in [1.54, 1.807) is 25.1 Å². The number of pyridine rings is 1. The van der Waals surface area contributed by atoms with E-state index in [2.05, 4.69) is 21.0 Å². The molecule has 0 amide bonds. The van der Waals surface area contributed by atoms with Crippen LogP contribution < -0.4 is 11.3 Å². The first kappa shape index (κ1) is 13.5. The van der Waals surface area contributed by atoms with Gasteiger partial charge in [-0.15, -0.1) is 0 Å². The highest BCUT2D eigenvalue weighted by Gasteiger charge is 2.01. The second-order valence-electron chi connectivity index (χ2n) is 4.03. The molecule has 19 heavy (non-hydrogen) atoms. The van der Waals surface area contributed by atoms with Gasteiger partial charge in [-0.1, -0.05) is 6.07 Å². The van der Waals surface area contributed by atoms with Gasteiger partial charge in [0.2, 0.25) is 0 Å². The van der Waals surface area contributed by atoms with Gasteiger partial charge in [0.05, 0.1) is 10.7 Å². The number of benzene rings is 1. The lowest BCUT2D eigenvalue weighted by molar-refractivity contribution is 0.621. The molecule has 2 N–H and O–H groups in total. The van der Waals surface area contributed by atoms with Crippen molar-refractivity contribution < 1.29 is 4.39 Å². The van der Waals surface area contributed by atoms with Crippen molar-refractivity contribution in [1.82, 2.24) is 4.68 Å². The lowest BCUT2D eigenvalue weighted by Gasteiger charge is -2.03. The van der Waals surface area contributed by atoms with Crippen molar-refractivity contribution in [2.45, 2.75) is 6.92 Å². The molecule has 2 aromatic rings. The number of nitrogen functional groups attached to an aromatic ring is 1. The summed E-state index contributed by atoms with van der Waals surface area (Å²) in [5, 5.41) is 4.00. The van der Waals surface area contributed by atoms with Crippen molar-refractivity contribution in [3.63, 3.8) is 0 Å². The summed E-state index contributed by atoms with van der Waals surface area (Å²) in [4.78, 5) is 11.7. The summed E-state index contributed by atoms with van der Waals surface area (Å²) < 4.78 is 14.5. The molecule has 6 heteroatoms. The fourth-order valence-electron chi connectivity index (χ4n) is 1.56. The molecule has 0 saturated heterocycles. The number of nitrogens with two attached hydrogens (primary N) is 1. The molecule has 0 fully saturated rings. The summed E-state index contributed by atoms with van der Waals surface area (Å²) in [5.74, 6) is -0.105. The molecule has 0 aliphatic heterocycles. The van der Waals surface area contributed by atoms with Gasteiger partial charge in [-0.05, 0) is 52.2 Å². The number of halogens is 2. The van der Waals surface area contributed by atoms with E-state index in [1.165, 1.54) is 18.3 Å². The first-order valence-electron chi connectivity index (χ1n) is 5.46. The summed E-state index contributed by atoms with van der Waals surface area (Å²) in [5.41, 5.74) is 6.84. The van der Waals surface area contributed by atoms with Gasteiger partial charge < -0.3 is 5.73 Å². The van der Waals surface area contributed by atoms with Crippen molar-refractivity contribution in [3.05, 3.63) is 62.1 Å². The van der Waals surface area contributed by atoms with Gasteiger partial charge in [0.1, 0.15) is 11.6 Å². The highest BCUT2D eigenvalue weighted by molar-refractivity contribution is 9.10. The van der Waals surface area contributed by atoms with Gasteiger partial charge >= 0.3 is 0 Å². The van der Waals surface area contributed by atoms with E-state index in [0.717, 1.165) is 10.2 Å². The quantitative estimate of drug-likeness (QED) is 0.863. The van der Waals surface area contributed by atoms with E-state index in [1.807, 2.05) is 0 Å². The van der Waals surface area contributed by atoms with Crippen LogP contribution in [0.25, 0.3) is 0 Å². The third-order valence-corrected chi connectivity index (χ3v) is 3.05. The van der Waals surface area contributed by atoms with Gasteiger partial charge in [-0.3, -0.25) is 4.79 Å². The molecule has 4 nitrogen and oxygen atoms in total. The number of hydrogen-bond donors (Lipinski definition) is 1. The van der Waals surface area contributed by atoms with E-state index in [0.29, 0.717) is 10.0 Å². The zero-order valence-electron chi connectivity index (χ0n) is 10.1. The predicted octanol–water partition coefficient (Wildman–Crippen LogP) is 2.52. The van der Waals surface area contributed by atoms with E-state index < -0.39 is 0 Å². The normalized spacial score (nSPS) is 11.1. The maximum atomic E-state index is 13.1. The van der Waals surface area contributed by atoms with Crippen LogP contribution in [-0.4, -0.2) is 10.9 Å². The minimum absolute atomic E-state index is 0.252. The van der Waals surface area contributed by atoms with Crippen molar-refractivity contribution in [2.75, 3.05) is 5.73 Å². The van der Waals surface area contributed by atoms with Crippen LogP contribution in [0.15, 0.2) is 44.7 Å². The largest absolute Gasteiger partial charge is 0.384 e. The Morgan fingerprint density at radius 3 is 2.74 bits per heavy atom. The Kier molecular flexibility index (Phi) is 3.80. The monoisotopic (exact) mass is 323 g/mol. The molecule has 2 rings (SSSR count). The summed E-state index contributed by atoms with van der Waals surface area (Å²) >= 11 is 3.08. The Hall–Kier alpha value is -1.95. The Morgan fingerprint density at radius 1 is 1.37 bits per heavy atom. The lowest BCUT2D eigenvalue weighted by atomic mass is 10.2. The smallest absolute Gasteiger partial charge is 0.273 e. The van der Waals surface area contributed by atoms with Gasteiger partial charge in [0, 0.05) is 6.07 Å². The predicted molar refractivity (Wildman–Crippen MR) is 76.9 cm³/mol. The fourth-order valence-corrected chi connectivity index (χ4v) is 1.96. The van der Waals surface area contributed by atoms with Gasteiger partial charge in [-0.25, -0.2) is 4.39 Å². The van der Waals surface area contributed by atoms with Crippen LogP contribution in [0, 0.1) is 12.7 Å². The number of rotatable bonds is 2. The minimum atomic E-state index is -0.357. The van der Waals surface area contributed by atoms with Crippen LogP contribution in [-0.2, 0) is 0 Å². The zero-order chi connectivity index (χ0) is 14.0. The maximum absolute atomic E-state index is 13.1. The van der Waals surface area contributed by atoms with Gasteiger partial charge in [-0.2, -0.15) is 9.78 Å². The molecule has 0 atom stereocenters. The number of anilines is 1. The molecule has 0 unspecified atom stereocenters. The minimum Gasteiger partial charge on any atom is -0.384 e. The third kappa shape index (κ3) is 3.08. The van der Waals surface area contributed by atoms with E-state index in [9.17, 15) is 9.18 Å². The van der Waals surface area contributed by atoms with Gasteiger partial charge in [0.15, 0.2) is 0 Å². The molecule has 98 valence electrons. The highest BCUT2D eigenvalue weighted by Crippen LogP contribution is 2.15. The first-order valence-corrected chi connectivity index (χ1v) is 6.25. The molecule has 0 aliphatic rings. The molecular weight excluding hydrogens is 313 g/mol. The Bertz CT molecular complexity index is 710. The van der Waals surface area contributed by atoms with Crippen LogP contribution in [0.1, 0.15) is 11.1 Å². The number of aryl methyl sites for hydroxylation is 1. The molecule has 0 aliphatic carbocycles. The van der Waals surface area contributed by atoms with E-state index >= 15 is 0 Å². The Labute approximate surface area is 117 Å². The maximum Gasteiger partial charge on any atom is 0.273 e. The lowest BCUT2D eigenvalue weighted by Crippen LogP contribution is -2.19. The van der Waals surface area contributed by atoms with Crippen molar-refractivity contribution >= 4 is 28.0 Å². The van der Waals surface area contributed by atoms with Crippen LogP contribution >= 0.6 is 15.9 Å². The summed E-state index contributed by atoms with van der Waals surface area (Å²) in [6, 6.07) is 7.52. The average molecular weight is 324 g/mol. The summed E-state index contributed by atoms with van der Waals surface area (Å²) in [7, 11) is 0. The van der Waals surface area contributed by atoms with Crippen molar-refractivity contribution in [1.29, 1.82) is 0 Å². The van der Waals surface area contributed by atoms with Gasteiger partial charge in [0.25, 0.3) is 5.56 Å². The second-order valence-corrected chi connectivity index (χ2v) is 4.88. The standard InChI is InChI=1S/C13H11BrFN3O/c1-8-4-12(16)18(13(19)5-8)17-7-9-2-3-11(15)10(14)6-9/h2-7H,16H2,1H3/b17-7-. The first-order chi connectivity index (χ1) is 8.97. The zero-order valence-corrected chi connectivity index (χ0v) is 11.7. The van der Waals surface area contributed by atoms with E-state index in [4.69, 9.17) is 5.73 Å². The number of nitrogens with zero attached hydrogens (tertiary/aromatic N) is 2. The fraction of sp³-hybridized carbons (Fsp3) is 0.0769. The molecule has 0 bridgehead atoms. The Balaban J connectivity index is 2.38. The Morgan fingerprint density at radius 2 is 2.11 bits per heavy atom. The topological polar surface area (TPSA) is 60.4 Å². The van der Waals surface area contributed by atoms with Crippen molar-refractivity contribution in [3.8, 4) is 0 Å². The number of aromatic nitrogens is 1. The molecule has 1 aromatic heterocycles. The molecular formula is C13H11BrFN3O. The molecule has 0 radical (unpaired) electrons. The summed E-state index contributed by atoms with van der Waals surface area (Å²) in [6.07, 6.45) is 1.44. The molecule has 1 aromatic carbocycles. The number of hydrogen-bond acceptors (Lipinski definition) is 3. The SMILES string of the molecule is Cc1cc(N)n(/N=C\c2ccc(F)c(Br)c2)c(=O)c1. The van der Waals surface area contributed by atoms with Crippen LogP contribution in [0.2, 0.25) is 0 Å². The van der Waals surface area contributed by atoms with Crippen LogP contribution in [0.3, 0.4) is 0 Å².